The van der Waals surface area contributed by atoms with Crippen molar-refractivity contribution in [3.8, 4) is 0 Å². The van der Waals surface area contributed by atoms with Gasteiger partial charge in [0.25, 0.3) is 0 Å². The van der Waals surface area contributed by atoms with Crippen LogP contribution in [0.5, 0.6) is 0 Å². The van der Waals surface area contributed by atoms with Gasteiger partial charge in [0.2, 0.25) is 5.91 Å². The molecule has 0 aliphatic rings. The van der Waals surface area contributed by atoms with Crippen LogP contribution in [0.3, 0.4) is 0 Å². The van der Waals surface area contributed by atoms with Crippen LogP contribution >= 0.6 is 11.3 Å². The predicted octanol–water partition coefficient (Wildman–Crippen LogP) is 3.47. The fourth-order valence-electron chi connectivity index (χ4n) is 2.14. The van der Waals surface area contributed by atoms with Crippen molar-refractivity contribution in [2.24, 2.45) is 5.92 Å². The summed E-state index contributed by atoms with van der Waals surface area (Å²) in [5.74, 6) is -1.52. The van der Waals surface area contributed by atoms with Gasteiger partial charge in [-0.05, 0) is 42.7 Å². The highest BCUT2D eigenvalue weighted by Crippen LogP contribution is 2.17. The van der Waals surface area contributed by atoms with Crippen molar-refractivity contribution in [1.29, 1.82) is 0 Å². The summed E-state index contributed by atoms with van der Waals surface area (Å²) < 4.78 is 13.1. The molecular formula is C17H18FNO3S. The molecule has 0 aliphatic carbocycles. The summed E-state index contributed by atoms with van der Waals surface area (Å²) >= 11 is 1.15. The van der Waals surface area contributed by atoms with Crippen LogP contribution in [0.25, 0.3) is 0 Å². The molecular weight excluding hydrogens is 317 g/mol. The Morgan fingerprint density at radius 2 is 2.09 bits per heavy atom. The number of carboxylic acid groups (broad SMARTS) is 1. The van der Waals surface area contributed by atoms with Crippen molar-refractivity contribution in [2.45, 2.75) is 26.3 Å². The Hall–Kier alpha value is -2.21. The van der Waals surface area contributed by atoms with Crippen molar-refractivity contribution < 1.29 is 19.1 Å². The van der Waals surface area contributed by atoms with Crippen LogP contribution in [0.1, 0.15) is 33.5 Å². The molecule has 1 atom stereocenters. The van der Waals surface area contributed by atoms with Crippen molar-refractivity contribution >= 4 is 23.2 Å². The van der Waals surface area contributed by atoms with Gasteiger partial charge >= 0.3 is 5.97 Å². The molecule has 1 aromatic carbocycles. The van der Waals surface area contributed by atoms with Crippen LogP contribution in [-0.2, 0) is 17.8 Å². The normalized spacial score (nSPS) is 11.9. The highest BCUT2D eigenvalue weighted by atomic mass is 32.1. The van der Waals surface area contributed by atoms with Crippen LogP contribution in [0.4, 0.5) is 4.39 Å². The Morgan fingerprint density at radius 3 is 2.74 bits per heavy atom. The first-order chi connectivity index (χ1) is 11.0. The Bertz CT molecular complexity index is 699. The minimum absolute atomic E-state index is 0.0910. The smallest absolute Gasteiger partial charge is 0.345 e. The fraction of sp³-hybridized carbons (Fsp3) is 0.294. The lowest BCUT2D eigenvalue weighted by atomic mass is 10.0. The van der Waals surface area contributed by atoms with Gasteiger partial charge in [0.05, 0.1) is 6.54 Å². The number of hydrogen-bond donors (Lipinski definition) is 2. The largest absolute Gasteiger partial charge is 0.477 e. The molecule has 122 valence electrons. The molecule has 2 rings (SSSR count). The van der Waals surface area contributed by atoms with E-state index in [1.54, 1.807) is 12.1 Å². The van der Waals surface area contributed by atoms with Crippen LogP contribution in [0.2, 0.25) is 0 Å². The van der Waals surface area contributed by atoms with E-state index in [0.29, 0.717) is 19.4 Å². The number of benzene rings is 1. The maximum Gasteiger partial charge on any atom is 0.345 e. The third kappa shape index (κ3) is 5.17. The molecule has 0 saturated carbocycles. The van der Waals surface area contributed by atoms with E-state index in [2.05, 4.69) is 5.32 Å². The van der Waals surface area contributed by atoms with Gasteiger partial charge in [-0.25, -0.2) is 9.18 Å². The van der Waals surface area contributed by atoms with E-state index in [4.69, 9.17) is 5.11 Å². The molecule has 6 heteroatoms. The molecule has 2 N–H and O–H groups in total. The number of halogens is 1. The standard InChI is InChI=1S/C17H18FNO3S/c1-11(5-6-12-3-2-4-13(18)9-12)16(20)19-10-14-7-8-15(23-14)17(21)22/h2-4,7-9,11H,5-6,10H2,1H3,(H,19,20)(H,21,22). The molecule has 1 aromatic heterocycles. The molecule has 23 heavy (non-hydrogen) atoms. The number of thiophene rings is 1. The highest BCUT2D eigenvalue weighted by molar-refractivity contribution is 7.13. The quantitative estimate of drug-likeness (QED) is 0.814. The average Bonchev–Trinajstić information content (AvgIpc) is 2.99. The van der Waals surface area contributed by atoms with E-state index < -0.39 is 5.97 Å². The zero-order chi connectivity index (χ0) is 16.8. The van der Waals surface area contributed by atoms with Gasteiger partial charge in [-0.2, -0.15) is 0 Å². The Labute approximate surface area is 138 Å². The second-order valence-electron chi connectivity index (χ2n) is 5.36. The van der Waals surface area contributed by atoms with Crippen molar-refractivity contribution in [1.82, 2.24) is 5.32 Å². The molecule has 0 spiro atoms. The number of aromatic carboxylic acids is 1. The van der Waals surface area contributed by atoms with E-state index >= 15 is 0 Å². The van der Waals surface area contributed by atoms with E-state index in [0.717, 1.165) is 21.8 Å². The van der Waals surface area contributed by atoms with Crippen LogP contribution in [-0.4, -0.2) is 17.0 Å². The fourth-order valence-corrected chi connectivity index (χ4v) is 2.93. The van der Waals surface area contributed by atoms with Crippen molar-refractivity contribution in [3.63, 3.8) is 0 Å². The molecule has 0 bridgehead atoms. The third-order valence-electron chi connectivity index (χ3n) is 3.51. The second-order valence-corrected chi connectivity index (χ2v) is 6.53. The number of nitrogens with one attached hydrogen (secondary N) is 1. The first-order valence-corrected chi connectivity index (χ1v) is 8.11. The van der Waals surface area contributed by atoms with Gasteiger partial charge in [0, 0.05) is 10.8 Å². The Balaban J connectivity index is 1.79. The van der Waals surface area contributed by atoms with Gasteiger partial charge in [-0.1, -0.05) is 19.1 Å². The maximum atomic E-state index is 13.1. The summed E-state index contributed by atoms with van der Waals surface area (Å²) in [4.78, 5) is 23.9. The molecule has 0 radical (unpaired) electrons. The first-order valence-electron chi connectivity index (χ1n) is 7.30. The third-order valence-corrected chi connectivity index (χ3v) is 4.59. The SMILES string of the molecule is CC(CCc1cccc(F)c1)C(=O)NCc1ccc(C(=O)O)s1. The topological polar surface area (TPSA) is 66.4 Å². The van der Waals surface area contributed by atoms with Gasteiger partial charge in [-0.15, -0.1) is 11.3 Å². The number of hydrogen-bond acceptors (Lipinski definition) is 3. The number of aryl methyl sites for hydroxylation is 1. The summed E-state index contributed by atoms with van der Waals surface area (Å²) in [6.07, 6.45) is 1.26. The van der Waals surface area contributed by atoms with E-state index in [-0.39, 0.29) is 22.5 Å². The molecule has 0 saturated heterocycles. The zero-order valence-electron chi connectivity index (χ0n) is 12.7. The van der Waals surface area contributed by atoms with Gasteiger partial charge in [-0.3, -0.25) is 4.79 Å². The summed E-state index contributed by atoms with van der Waals surface area (Å²) in [6, 6.07) is 9.60. The van der Waals surface area contributed by atoms with Crippen molar-refractivity contribution in [3.05, 3.63) is 57.5 Å². The number of carbonyl (C=O) groups excluding carboxylic acids is 1. The van der Waals surface area contributed by atoms with E-state index in [1.165, 1.54) is 18.2 Å². The lowest BCUT2D eigenvalue weighted by Gasteiger charge is -2.11. The van der Waals surface area contributed by atoms with Crippen LogP contribution in [0, 0.1) is 11.7 Å². The average molecular weight is 335 g/mol. The molecule has 0 fully saturated rings. The van der Waals surface area contributed by atoms with Gasteiger partial charge < -0.3 is 10.4 Å². The minimum atomic E-state index is -0.962. The Kier molecular flexibility index (Phi) is 5.87. The van der Waals surface area contributed by atoms with Crippen molar-refractivity contribution in [2.75, 3.05) is 0 Å². The molecule has 4 nitrogen and oxygen atoms in total. The molecule has 1 amide bonds. The number of carboxylic acids is 1. The second kappa shape index (κ2) is 7.87. The van der Waals surface area contributed by atoms with Crippen LogP contribution < -0.4 is 5.32 Å². The lowest BCUT2D eigenvalue weighted by molar-refractivity contribution is -0.124. The molecule has 0 aliphatic heterocycles. The van der Waals surface area contributed by atoms with E-state index in [9.17, 15) is 14.0 Å². The minimum Gasteiger partial charge on any atom is -0.477 e. The van der Waals surface area contributed by atoms with E-state index in [1.807, 2.05) is 13.0 Å². The lowest BCUT2D eigenvalue weighted by Crippen LogP contribution is -2.28. The zero-order valence-corrected chi connectivity index (χ0v) is 13.5. The summed E-state index contributed by atoms with van der Waals surface area (Å²) in [5, 5.41) is 11.7. The maximum absolute atomic E-state index is 13.1. The monoisotopic (exact) mass is 335 g/mol. The first kappa shape index (κ1) is 17.1. The summed E-state index contributed by atoms with van der Waals surface area (Å²) in [7, 11) is 0. The number of carbonyl (C=O) groups is 2. The molecule has 2 aromatic rings. The Morgan fingerprint density at radius 1 is 1.30 bits per heavy atom. The number of rotatable bonds is 7. The van der Waals surface area contributed by atoms with Gasteiger partial charge in [0.1, 0.15) is 10.7 Å². The summed E-state index contributed by atoms with van der Waals surface area (Å²) in [5.41, 5.74) is 0.869. The molecule has 1 heterocycles. The number of amides is 1. The predicted molar refractivity (Wildman–Crippen MR) is 87.0 cm³/mol. The van der Waals surface area contributed by atoms with Gasteiger partial charge in [0.15, 0.2) is 0 Å². The summed E-state index contributed by atoms with van der Waals surface area (Å²) in [6.45, 7) is 2.15. The van der Waals surface area contributed by atoms with Crippen LogP contribution in [0.15, 0.2) is 36.4 Å². The molecule has 1 unspecified atom stereocenters. The highest BCUT2D eigenvalue weighted by Gasteiger charge is 2.14.